The van der Waals surface area contributed by atoms with Crippen molar-refractivity contribution in [3.05, 3.63) is 59.4 Å². The molecule has 0 fully saturated rings. The third kappa shape index (κ3) is 5.10. The second-order valence-corrected chi connectivity index (χ2v) is 7.83. The average Bonchev–Trinajstić information content (AvgIpc) is 3.36. The molecule has 0 saturated carbocycles. The fourth-order valence-corrected chi connectivity index (χ4v) is 3.80. The van der Waals surface area contributed by atoms with Gasteiger partial charge in [0.2, 0.25) is 5.76 Å². The number of ether oxygens (including phenoxy) is 1. The predicted molar refractivity (Wildman–Crippen MR) is 125 cm³/mol. The minimum atomic E-state index is -4.47. The van der Waals surface area contributed by atoms with Crippen molar-refractivity contribution in [1.82, 2.24) is 5.01 Å². The maximum absolute atomic E-state index is 12.8. The van der Waals surface area contributed by atoms with Crippen LogP contribution in [0.3, 0.4) is 0 Å². The van der Waals surface area contributed by atoms with E-state index in [1.807, 2.05) is 0 Å². The number of furan rings is 1. The van der Waals surface area contributed by atoms with E-state index in [2.05, 4.69) is 15.7 Å². The highest BCUT2D eigenvalue weighted by Gasteiger charge is 2.31. The second kappa shape index (κ2) is 9.36. The van der Waals surface area contributed by atoms with Gasteiger partial charge in [0.1, 0.15) is 5.58 Å². The Bertz CT molecular complexity index is 1280. The molecule has 4 rings (SSSR count). The molecule has 2 radical (unpaired) electrons. The smallest absolute Gasteiger partial charge is 0.416 e. The van der Waals surface area contributed by atoms with Crippen molar-refractivity contribution < 1.29 is 31.9 Å². The summed E-state index contributed by atoms with van der Waals surface area (Å²) in [5, 5.41) is 11.5. The van der Waals surface area contributed by atoms with Gasteiger partial charge in [-0.3, -0.25) is 5.01 Å². The monoisotopic (exact) mass is 484 g/mol. The topological polar surface area (TPSA) is 96.2 Å². The molecule has 2 atom stereocenters. The van der Waals surface area contributed by atoms with Gasteiger partial charge in [0.25, 0.3) is 0 Å². The van der Waals surface area contributed by atoms with Gasteiger partial charge in [-0.25, -0.2) is 9.59 Å². The first-order valence-corrected chi connectivity index (χ1v) is 10.6. The lowest BCUT2D eigenvalue weighted by molar-refractivity contribution is -0.137. The highest BCUT2D eigenvalue weighted by Crippen LogP contribution is 2.40. The Morgan fingerprint density at radius 2 is 1.83 bits per heavy atom. The summed E-state index contributed by atoms with van der Waals surface area (Å²) in [6, 6.07) is 7.69. The van der Waals surface area contributed by atoms with Crippen LogP contribution in [0, 0.1) is 0 Å². The Labute approximate surface area is 199 Å². The summed E-state index contributed by atoms with van der Waals surface area (Å²) in [5.41, 5.74) is 0.668. The minimum absolute atomic E-state index is 0.00963. The predicted octanol–water partition coefficient (Wildman–Crippen LogP) is 5.20. The van der Waals surface area contributed by atoms with E-state index in [0.717, 1.165) is 24.3 Å². The van der Waals surface area contributed by atoms with Gasteiger partial charge in [-0.15, -0.1) is 0 Å². The number of benzene rings is 2. The molecule has 8 nitrogen and oxygen atoms in total. The van der Waals surface area contributed by atoms with Crippen molar-refractivity contribution in [1.29, 1.82) is 0 Å². The molecular formula is C23H20BF3N4O4. The van der Waals surface area contributed by atoms with E-state index in [9.17, 15) is 22.8 Å². The third-order valence-electron chi connectivity index (χ3n) is 5.36. The van der Waals surface area contributed by atoms with Crippen LogP contribution in [0.15, 0.2) is 52.0 Å². The number of alkyl halides is 3. The number of nitrogens with zero attached hydrogens (tertiary/aromatic N) is 2. The normalized spacial score (nSPS) is 17.6. The standard InChI is InChI=1S/C23H20BF3N4O4/c1-3-34-21(32)18-9-12-8-15(10-16(20(12)35-18)19-17(24)11-28-31(19)2)30-22(33)29-14-6-4-13(5-7-14)23(25,26)27/h4-11,17,19H,3H2,1-2H3,(H2,29,30,33). The summed E-state index contributed by atoms with van der Waals surface area (Å²) in [6.07, 6.45) is -2.90. The highest BCUT2D eigenvalue weighted by molar-refractivity contribution is 6.21. The number of anilines is 2. The summed E-state index contributed by atoms with van der Waals surface area (Å²) >= 11 is 0. The van der Waals surface area contributed by atoms with E-state index < -0.39 is 35.6 Å². The molecule has 180 valence electrons. The number of carbonyl (C=O) groups is 2. The Kier molecular flexibility index (Phi) is 6.46. The van der Waals surface area contributed by atoms with Crippen molar-refractivity contribution in [2.45, 2.75) is 25.0 Å². The second-order valence-electron chi connectivity index (χ2n) is 7.83. The zero-order valence-corrected chi connectivity index (χ0v) is 18.7. The fourth-order valence-electron chi connectivity index (χ4n) is 3.80. The lowest BCUT2D eigenvalue weighted by Crippen LogP contribution is -2.21. The SMILES string of the molecule is [B]C1C=NN(C)C1c1cc(NC(=O)Nc2ccc(C(F)(F)F)cc2)cc2cc(C(=O)OCC)oc12. The minimum Gasteiger partial charge on any atom is -0.460 e. The molecule has 35 heavy (non-hydrogen) atoms. The maximum atomic E-state index is 12.8. The van der Waals surface area contributed by atoms with E-state index in [-0.39, 0.29) is 18.1 Å². The molecule has 2 aromatic carbocycles. The van der Waals surface area contributed by atoms with Crippen LogP contribution in [-0.4, -0.2) is 44.7 Å². The molecule has 1 aliphatic heterocycles. The summed E-state index contributed by atoms with van der Waals surface area (Å²) in [5.74, 6) is -1.12. The van der Waals surface area contributed by atoms with Gasteiger partial charge in [-0.2, -0.15) is 18.3 Å². The van der Waals surface area contributed by atoms with Crippen LogP contribution < -0.4 is 10.6 Å². The van der Waals surface area contributed by atoms with Crippen molar-refractivity contribution in [2.24, 2.45) is 5.10 Å². The quantitative estimate of drug-likeness (QED) is 0.384. The van der Waals surface area contributed by atoms with Crippen LogP contribution in [0.4, 0.5) is 29.3 Å². The molecule has 0 spiro atoms. The number of amides is 2. The van der Waals surface area contributed by atoms with Crippen LogP contribution in [0.5, 0.6) is 0 Å². The van der Waals surface area contributed by atoms with E-state index in [0.29, 0.717) is 22.2 Å². The van der Waals surface area contributed by atoms with Gasteiger partial charge in [0.05, 0.1) is 26.1 Å². The van der Waals surface area contributed by atoms with Gasteiger partial charge in [-0.05, 0) is 55.2 Å². The summed E-state index contributed by atoms with van der Waals surface area (Å²) in [4.78, 5) is 24.8. The van der Waals surface area contributed by atoms with Crippen LogP contribution >= 0.6 is 0 Å². The first kappa shape index (κ1) is 24.2. The largest absolute Gasteiger partial charge is 0.460 e. The molecule has 1 aromatic heterocycles. The van der Waals surface area contributed by atoms with Crippen LogP contribution in [0.1, 0.15) is 34.6 Å². The zero-order valence-electron chi connectivity index (χ0n) is 18.7. The number of nitrogens with one attached hydrogen (secondary N) is 2. The van der Waals surface area contributed by atoms with Crippen LogP contribution in [0.2, 0.25) is 5.82 Å². The Balaban J connectivity index is 1.63. The Morgan fingerprint density at radius 1 is 1.14 bits per heavy atom. The van der Waals surface area contributed by atoms with Crippen molar-refractivity contribution >= 4 is 48.4 Å². The number of carbonyl (C=O) groups excluding carboxylic acids is 2. The average molecular weight is 484 g/mol. The van der Waals surface area contributed by atoms with Gasteiger partial charge in [-0.1, -0.05) is 0 Å². The van der Waals surface area contributed by atoms with E-state index in [1.54, 1.807) is 37.3 Å². The number of halogens is 3. The lowest BCUT2D eigenvalue weighted by Gasteiger charge is -2.24. The lowest BCUT2D eigenvalue weighted by atomic mass is 9.79. The molecule has 2 amide bonds. The summed E-state index contributed by atoms with van der Waals surface area (Å²) in [7, 11) is 7.93. The molecular weight excluding hydrogens is 464 g/mol. The van der Waals surface area contributed by atoms with E-state index >= 15 is 0 Å². The summed E-state index contributed by atoms with van der Waals surface area (Å²) in [6.45, 7) is 1.84. The number of urea groups is 1. The number of rotatable bonds is 5. The summed E-state index contributed by atoms with van der Waals surface area (Å²) < 4.78 is 49.1. The van der Waals surface area contributed by atoms with Crippen molar-refractivity contribution in [2.75, 3.05) is 24.3 Å². The fraction of sp³-hybridized carbons (Fsp3) is 0.261. The molecule has 12 heteroatoms. The third-order valence-corrected chi connectivity index (χ3v) is 5.36. The molecule has 0 bridgehead atoms. The van der Waals surface area contributed by atoms with Gasteiger partial charge < -0.3 is 19.8 Å². The van der Waals surface area contributed by atoms with E-state index in [1.165, 1.54) is 6.07 Å². The first-order valence-electron chi connectivity index (χ1n) is 10.6. The number of hydrogen-bond donors (Lipinski definition) is 2. The van der Waals surface area contributed by atoms with Crippen molar-refractivity contribution in [3.63, 3.8) is 0 Å². The number of hydrogen-bond acceptors (Lipinski definition) is 6. The highest BCUT2D eigenvalue weighted by atomic mass is 19.4. The molecule has 2 N–H and O–H groups in total. The number of fused-ring (bicyclic) bond motifs is 1. The molecule has 3 aromatic rings. The van der Waals surface area contributed by atoms with Crippen LogP contribution in [0.25, 0.3) is 11.0 Å². The maximum Gasteiger partial charge on any atom is 0.416 e. The Morgan fingerprint density at radius 3 is 2.43 bits per heavy atom. The van der Waals surface area contributed by atoms with Gasteiger partial charge in [0, 0.05) is 35.6 Å². The Hall–Kier alpha value is -3.96. The van der Waals surface area contributed by atoms with E-state index in [4.69, 9.17) is 17.0 Å². The molecule has 0 aliphatic carbocycles. The number of esters is 1. The van der Waals surface area contributed by atoms with Crippen molar-refractivity contribution in [3.8, 4) is 0 Å². The van der Waals surface area contributed by atoms with Gasteiger partial charge in [0.15, 0.2) is 0 Å². The molecule has 0 saturated heterocycles. The first-order chi connectivity index (χ1) is 16.6. The van der Waals surface area contributed by atoms with Gasteiger partial charge >= 0.3 is 18.2 Å². The molecule has 1 aliphatic rings. The van der Waals surface area contributed by atoms with Crippen LogP contribution in [-0.2, 0) is 10.9 Å². The molecule has 2 heterocycles. The zero-order chi connectivity index (χ0) is 25.3. The number of hydrazone groups is 1. The molecule has 2 unspecified atom stereocenters.